The molecule has 0 rings (SSSR count). The zero-order chi connectivity index (χ0) is 17.3. The van der Waals surface area contributed by atoms with Gasteiger partial charge < -0.3 is 37.9 Å². The number of aliphatic hydroxyl groups is 2. The van der Waals surface area contributed by atoms with Crippen LogP contribution in [0.15, 0.2) is 0 Å². The molecule has 0 spiro atoms. The van der Waals surface area contributed by atoms with Gasteiger partial charge in [0, 0.05) is 11.8 Å². The van der Waals surface area contributed by atoms with Crippen LogP contribution in [0.1, 0.15) is 41.5 Å². The molecule has 0 aromatic heterocycles. The van der Waals surface area contributed by atoms with Crippen molar-refractivity contribution in [3.63, 3.8) is 0 Å². The largest absolute Gasteiger partial charge is 0.390 e. The van der Waals surface area contributed by atoms with Gasteiger partial charge in [0.25, 0.3) is 0 Å². The van der Waals surface area contributed by atoms with Gasteiger partial charge in [-0.2, -0.15) is 0 Å². The third-order valence-corrected chi connectivity index (χ3v) is 4.44. The second kappa shape index (κ2) is 6.45. The van der Waals surface area contributed by atoms with Crippen molar-refractivity contribution in [1.82, 2.24) is 0 Å². The summed E-state index contributed by atoms with van der Waals surface area (Å²) in [7, 11) is 0. The van der Waals surface area contributed by atoms with Crippen molar-refractivity contribution in [3.05, 3.63) is 0 Å². The van der Waals surface area contributed by atoms with Crippen LogP contribution in [0, 0.1) is 11.8 Å². The average molecular weight is 306 g/mol. The van der Waals surface area contributed by atoms with Gasteiger partial charge in [-0.05, 0) is 27.7 Å². The molecular weight excluding hydrogens is 272 g/mol. The molecule has 128 valence electrons. The molecule has 10 N–H and O–H groups in total. The lowest BCUT2D eigenvalue weighted by Crippen LogP contribution is -2.66. The molecule has 0 aliphatic carbocycles. The summed E-state index contributed by atoms with van der Waals surface area (Å²) in [6.45, 7) is 10.0. The Morgan fingerprint density at radius 3 is 1.19 bits per heavy atom. The van der Waals surface area contributed by atoms with Gasteiger partial charge in [-0.15, -0.1) is 0 Å². The molecule has 0 bridgehead atoms. The van der Waals surface area contributed by atoms with Crippen LogP contribution in [0.4, 0.5) is 0 Å². The van der Waals surface area contributed by atoms with Crippen LogP contribution in [-0.4, -0.2) is 46.0 Å². The Bertz CT molecular complexity index is 300. The number of ether oxygens (including phenoxy) is 1. The highest BCUT2D eigenvalue weighted by atomic mass is 16.5. The zero-order valence-corrected chi connectivity index (χ0v) is 14.2. The smallest absolute Gasteiger partial charge is 0.0931 e. The average Bonchev–Trinajstić information content (AvgIpc) is 2.23. The molecule has 7 nitrogen and oxygen atoms in total. The van der Waals surface area contributed by atoms with E-state index < -0.39 is 34.4 Å². The summed E-state index contributed by atoms with van der Waals surface area (Å²) in [4.78, 5) is 0. The van der Waals surface area contributed by atoms with Gasteiger partial charge >= 0.3 is 0 Å². The second-order valence-electron chi connectivity index (χ2n) is 7.47. The maximum Gasteiger partial charge on any atom is 0.0931 e. The first-order valence-electron chi connectivity index (χ1n) is 7.20. The van der Waals surface area contributed by atoms with Crippen molar-refractivity contribution in [3.8, 4) is 0 Å². The van der Waals surface area contributed by atoms with Gasteiger partial charge in [0.15, 0.2) is 0 Å². The molecule has 0 radical (unpaired) electrons. The van der Waals surface area contributed by atoms with Crippen molar-refractivity contribution in [2.24, 2.45) is 34.8 Å². The van der Waals surface area contributed by atoms with Crippen molar-refractivity contribution in [2.45, 2.75) is 64.1 Å². The van der Waals surface area contributed by atoms with Crippen LogP contribution < -0.4 is 22.9 Å². The quantitative estimate of drug-likeness (QED) is 0.316. The van der Waals surface area contributed by atoms with Gasteiger partial charge in [-0.25, -0.2) is 0 Å². The molecule has 0 aromatic carbocycles. The van der Waals surface area contributed by atoms with Crippen LogP contribution in [0.2, 0.25) is 0 Å². The summed E-state index contributed by atoms with van der Waals surface area (Å²) < 4.78 is 5.47. The molecule has 0 aliphatic heterocycles. The third kappa shape index (κ3) is 6.15. The fourth-order valence-corrected chi connectivity index (χ4v) is 1.97. The van der Waals surface area contributed by atoms with E-state index in [9.17, 15) is 10.2 Å². The summed E-state index contributed by atoms with van der Waals surface area (Å²) in [6.07, 6.45) is 0. The summed E-state index contributed by atoms with van der Waals surface area (Å²) in [6, 6.07) is 0. The first-order valence-corrected chi connectivity index (χ1v) is 7.20. The normalized spacial score (nSPS) is 17.7. The Balaban J connectivity index is 4.62. The van der Waals surface area contributed by atoms with Gasteiger partial charge in [-0.1, -0.05) is 13.8 Å². The number of hydrogen-bond donors (Lipinski definition) is 6. The van der Waals surface area contributed by atoms with E-state index in [1.165, 1.54) is 0 Å². The molecule has 0 fully saturated rings. The van der Waals surface area contributed by atoms with E-state index in [1.807, 2.05) is 0 Å². The van der Waals surface area contributed by atoms with E-state index in [4.69, 9.17) is 27.7 Å². The molecule has 0 aromatic rings. The number of hydrogen-bond acceptors (Lipinski definition) is 7. The number of nitrogens with two attached hydrogens (primary N) is 4. The highest BCUT2D eigenvalue weighted by Crippen LogP contribution is 2.25. The van der Waals surface area contributed by atoms with Crippen molar-refractivity contribution < 1.29 is 14.9 Å². The summed E-state index contributed by atoms with van der Waals surface area (Å²) in [5.74, 6) is -0.802. The summed E-state index contributed by atoms with van der Waals surface area (Å²) >= 11 is 0. The molecule has 0 saturated carbocycles. The maximum atomic E-state index is 9.98. The summed E-state index contributed by atoms with van der Waals surface area (Å²) in [5.41, 5.74) is 19.5. The molecule has 7 heteroatoms. The second-order valence-corrected chi connectivity index (χ2v) is 7.47. The molecular formula is C14H34N4O3. The van der Waals surface area contributed by atoms with Crippen LogP contribution in [0.25, 0.3) is 0 Å². The van der Waals surface area contributed by atoms with Gasteiger partial charge in [0.05, 0.1) is 35.7 Å². The van der Waals surface area contributed by atoms with Gasteiger partial charge in [0.2, 0.25) is 0 Å². The first kappa shape index (κ1) is 20.7. The van der Waals surface area contributed by atoms with E-state index in [0.29, 0.717) is 0 Å². The topological polar surface area (TPSA) is 154 Å². The standard InChI is InChI=1S/C14H34N4O3/c1-9(11(3,4)19)13(15,16)7-21-8-14(17,18)10(2)12(5,6)20/h9-10,19-20H,7-8,15-18H2,1-6H3. The van der Waals surface area contributed by atoms with Gasteiger partial charge in [0.1, 0.15) is 0 Å². The highest BCUT2D eigenvalue weighted by molar-refractivity contribution is 4.94. The SMILES string of the molecule is CC(C(C)(C)O)C(N)(N)COCC(N)(N)C(C)C(C)(C)O. The minimum atomic E-state index is -1.22. The Hall–Kier alpha value is -0.280. The van der Waals surface area contributed by atoms with E-state index in [1.54, 1.807) is 41.5 Å². The minimum Gasteiger partial charge on any atom is -0.390 e. The maximum absolute atomic E-state index is 9.98. The molecule has 2 unspecified atom stereocenters. The zero-order valence-electron chi connectivity index (χ0n) is 14.2. The van der Waals surface area contributed by atoms with Gasteiger partial charge in [-0.3, -0.25) is 0 Å². The van der Waals surface area contributed by atoms with E-state index in [2.05, 4.69) is 0 Å². The summed E-state index contributed by atoms with van der Waals surface area (Å²) in [5, 5.41) is 20.0. The molecule has 0 saturated heterocycles. The minimum absolute atomic E-state index is 0.00706. The fourth-order valence-electron chi connectivity index (χ4n) is 1.97. The first-order chi connectivity index (χ1) is 9.02. The lowest BCUT2D eigenvalue weighted by atomic mass is 9.82. The lowest BCUT2D eigenvalue weighted by Gasteiger charge is -2.41. The molecule has 21 heavy (non-hydrogen) atoms. The van der Waals surface area contributed by atoms with Crippen LogP contribution >= 0.6 is 0 Å². The molecule has 0 heterocycles. The van der Waals surface area contributed by atoms with E-state index >= 15 is 0 Å². The fraction of sp³-hybridized carbons (Fsp3) is 1.00. The van der Waals surface area contributed by atoms with Crippen molar-refractivity contribution in [1.29, 1.82) is 0 Å². The number of rotatable bonds is 8. The van der Waals surface area contributed by atoms with E-state index in [0.717, 1.165) is 0 Å². The van der Waals surface area contributed by atoms with Crippen molar-refractivity contribution in [2.75, 3.05) is 13.2 Å². The lowest BCUT2D eigenvalue weighted by molar-refractivity contribution is -0.0636. The molecule has 2 atom stereocenters. The predicted molar refractivity (Wildman–Crippen MR) is 84.0 cm³/mol. The highest BCUT2D eigenvalue weighted by Gasteiger charge is 2.40. The van der Waals surface area contributed by atoms with Crippen LogP contribution in [0.3, 0.4) is 0 Å². The van der Waals surface area contributed by atoms with Crippen LogP contribution in [-0.2, 0) is 4.74 Å². The molecule has 0 aliphatic rings. The molecule has 0 amide bonds. The van der Waals surface area contributed by atoms with Crippen LogP contribution in [0.5, 0.6) is 0 Å². The monoisotopic (exact) mass is 306 g/mol. The Labute approximate surface area is 128 Å². The predicted octanol–water partition coefficient (Wildman–Crippen LogP) is -0.956. The van der Waals surface area contributed by atoms with Crippen molar-refractivity contribution >= 4 is 0 Å². The Kier molecular flexibility index (Phi) is 6.37. The Morgan fingerprint density at radius 1 is 0.762 bits per heavy atom. The third-order valence-electron chi connectivity index (χ3n) is 4.44. The Morgan fingerprint density at radius 2 is 1.00 bits per heavy atom. The van der Waals surface area contributed by atoms with E-state index in [-0.39, 0.29) is 13.2 Å².